The Labute approximate surface area is 127 Å². The fourth-order valence-corrected chi connectivity index (χ4v) is 2.64. The second-order valence-corrected chi connectivity index (χ2v) is 6.46. The van der Waals surface area contributed by atoms with Crippen molar-refractivity contribution in [2.24, 2.45) is 0 Å². The highest BCUT2D eigenvalue weighted by Gasteiger charge is 2.31. The van der Waals surface area contributed by atoms with Gasteiger partial charge < -0.3 is 14.4 Å². The van der Waals surface area contributed by atoms with E-state index in [2.05, 4.69) is 0 Å². The lowest BCUT2D eigenvalue weighted by Crippen LogP contribution is -2.41. The van der Waals surface area contributed by atoms with Crippen molar-refractivity contribution in [3.63, 3.8) is 0 Å². The van der Waals surface area contributed by atoms with Crippen LogP contribution in [0.5, 0.6) is 5.75 Å². The lowest BCUT2D eigenvalue weighted by Gasteiger charge is -2.37. The number of hydrogen-bond acceptors (Lipinski definition) is 3. The van der Waals surface area contributed by atoms with Gasteiger partial charge in [0.15, 0.2) is 0 Å². The maximum atomic E-state index is 12.4. The molecule has 21 heavy (non-hydrogen) atoms. The van der Waals surface area contributed by atoms with Crippen LogP contribution in [0.3, 0.4) is 0 Å². The number of piperidine rings is 1. The number of carbonyl (C=O) groups is 1. The Kier molecular flexibility index (Phi) is 4.76. The Bertz CT molecular complexity index is 476. The van der Waals surface area contributed by atoms with Gasteiger partial charge in [0, 0.05) is 6.54 Å². The first-order chi connectivity index (χ1) is 9.90. The molecule has 2 rings (SSSR count). The Balaban J connectivity index is 2.16. The van der Waals surface area contributed by atoms with Crippen LogP contribution in [0.2, 0.25) is 0 Å². The zero-order chi connectivity index (χ0) is 15.5. The van der Waals surface area contributed by atoms with Crippen LogP contribution in [0, 0.1) is 0 Å². The molecular weight excluding hydrogens is 266 g/mol. The molecule has 1 aromatic rings. The summed E-state index contributed by atoms with van der Waals surface area (Å²) >= 11 is 0. The fraction of sp³-hybridized carbons (Fsp3) is 0.588. The fourth-order valence-electron chi connectivity index (χ4n) is 2.64. The maximum absolute atomic E-state index is 12.4. The molecule has 1 aliphatic heterocycles. The summed E-state index contributed by atoms with van der Waals surface area (Å²) in [6.07, 6.45) is 2.93. The molecule has 1 amide bonds. The highest BCUT2D eigenvalue weighted by molar-refractivity contribution is 5.69. The first-order valence-corrected chi connectivity index (χ1v) is 7.54. The summed E-state index contributed by atoms with van der Waals surface area (Å²) in [7, 11) is 1.66. The van der Waals surface area contributed by atoms with Crippen LogP contribution < -0.4 is 4.74 Å². The molecule has 0 aliphatic carbocycles. The van der Waals surface area contributed by atoms with Gasteiger partial charge in [0.2, 0.25) is 0 Å². The minimum Gasteiger partial charge on any atom is -0.497 e. The van der Waals surface area contributed by atoms with E-state index in [-0.39, 0.29) is 12.1 Å². The number of ether oxygens (including phenoxy) is 2. The molecule has 1 aromatic carbocycles. The summed E-state index contributed by atoms with van der Waals surface area (Å²) in [6.45, 7) is 6.46. The van der Waals surface area contributed by atoms with Crippen LogP contribution in [-0.4, -0.2) is 30.2 Å². The number of carbonyl (C=O) groups excluding carboxylic acids is 1. The normalized spacial score (nSPS) is 19.2. The number of amides is 1. The van der Waals surface area contributed by atoms with E-state index in [0.717, 1.165) is 37.1 Å². The van der Waals surface area contributed by atoms with Crippen molar-refractivity contribution in [3.8, 4) is 5.75 Å². The number of benzene rings is 1. The van der Waals surface area contributed by atoms with Gasteiger partial charge >= 0.3 is 6.09 Å². The van der Waals surface area contributed by atoms with Crippen molar-refractivity contribution >= 4 is 6.09 Å². The van der Waals surface area contributed by atoms with Crippen molar-refractivity contribution in [1.29, 1.82) is 0 Å². The van der Waals surface area contributed by atoms with E-state index >= 15 is 0 Å². The van der Waals surface area contributed by atoms with Gasteiger partial charge in [-0.05, 0) is 57.7 Å². The number of nitrogens with zero attached hydrogens (tertiary/aromatic N) is 1. The van der Waals surface area contributed by atoms with Crippen LogP contribution in [0.4, 0.5) is 4.79 Å². The minimum absolute atomic E-state index is 0.0968. The van der Waals surface area contributed by atoms with E-state index in [4.69, 9.17) is 9.47 Å². The van der Waals surface area contributed by atoms with E-state index in [9.17, 15) is 4.79 Å². The van der Waals surface area contributed by atoms with Crippen molar-refractivity contribution in [2.75, 3.05) is 13.7 Å². The number of likely N-dealkylation sites (tertiary alicyclic amines) is 1. The molecule has 116 valence electrons. The zero-order valence-electron chi connectivity index (χ0n) is 13.4. The predicted octanol–water partition coefficient (Wildman–Crippen LogP) is 4.16. The average Bonchev–Trinajstić information content (AvgIpc) is 2.45. The summed E-state index contributed by atoms with van der Waals surface area (Å²) in [5, 5.41) is 0. The van der Waals surface area contributed by atoms with Crippen LogP contribution in [0.15, 0.2) is 24.3 Å². The van der Waals surface area contributed by atoms with Gasteiger partial charge in [-0.1, -0.05) is 12.1 Å². The Hall–Kier alpha value is -1.71. The van der Waals surface area contributed by atoms with E-state index in [0.29, 0.717) is 0 Å². The smallest absolute Gasteiger partial charge is 0.410 e. The van der Waals surface area contributed by atoms with Crippen LogP contribution in [0.25, 0.3) is 0 Å². The summed E-state index contributed by atoms with van der Waals surface area (Å²) in [5.41, 5.74) is 0.681. The van der Waals surface area contributed by atoms with E-state index in [1.807, 2.05) is 49.9 Å². The van der Waals surface area contributed by atoms with Crippen LogP contribution in [0.1, 0.15) is 51.6 Å². The van der Waals surface area contributed by atoms with Crippen molar-refractivity contribution in [1.82, 2.24) is 4.90 Å². The molecule has 0 saturated carbocycles. The number of rotatable bonds is 2. The third-order valence-corrected chi connectivity index (χ3v) is 3.63. The van der Waals surface area contributed by atoms with E-state index in [1.54, 1.807) is 7.11 Å². The molecule has 1 aliphatic rings. The van der Waals surface area contributed by atoms with Crippen molar-refractivity contribution in [2.45, 2.75) is 51.7 Å². The van der Waals surface area contributed by atoms with Gasteiger partial charge in [-0.3, -0.25) is 0 Å². The summed E-state index contributed by atoms with van der Waals surface area (Å²) in [4.78, 5) is 14.3. The lowest BCUT2D eigenvalue weighted by atomic mass is 9.95. The molecule has 0 bridgehead atoms. The van der Waals surface area contributed by atoms with Crippen molar-refractivity contribution < 1.29 is 14.3 Å². The number of methoxy groups -OCH3 is 1. The van der Waals surface area contributed by atoms with Gasteiger partial charge in [0.05, 0.1) is 13.2 Å². The maximum Gasteiger partial charge on any atom is 0.410 e. The van der Waals surface area contributed by atoms with Gasteiger partial charge in [-0.15, -0.1) is 0 Å². The molecule has 0 radical (unpaired) electrons. The molecule has 0 N–H and O–H groups in total. The first kappa shape index (κ1) is 15.7. The largest absolute Gasteiger partial charge is 0.497 e. The Morgan fingerprint density at radius 3 is 2.43 bits per heavy atom. The number of hydrogen-bond donors (Lipinski definition) is 0. The second-order valence-electron chi connectivity index (χ2n) is 6.46. The SMILES string of the molecule is COc1ccc([C@H]2CCCCN2C(=O)OC(C)(C)C)cc1. The lowest BCUT2D eigenvalue weighted by molar-refractivity contribution is 0.00951. The molecule has 1 atom stereocenters. The first-order valence-electron chi connectivity index (χ1n) is 7.54. The molecule has 4 heteroatoms. The average molecular weight is 291 g/mol. The standard InChI is InChI=1S/C17H25NO3/c1-17(2,3)21-16(19)18-12-6-5-7-15(18)13-8-10-14(20-4)11-9-13/h8-11,15H,5-7,12H2,1-4H3/t15-/m1/s1. The minimum atomic E-state index is -0.459. The Morgan fingerprint density at radius 1 is 1.19 bits per heavy atom. The molecule has 0 aromatic heterocycles. The zero-order valence-corrected chi connectivity index (χ0v) is 13.4. The van der Waals surface area contributed by atoms with Crippen LogP contribution >= 0.6 is 0 Å². The van der Waals surface area contributed by atoms with Gasteiger partial charge in [-0.25, -0.2) is 4.79 Å². The molecule has 4 nitrogen and oxygen atoms in total. The van der Waals surface area contributed by atoms with Gasteiger partial charge in [-0.2, -0.15) is 0 Å². The molecular formula is C17H25NO3. The third kappa shape index (κ3) is 4.13. The van der Waals surface area contributed by atoms with Crippen LogP contribution in [-0.2, 0) is 4.74 Å². The summed E-state index contributed by atoms with van der Waals surface area (Å²) < 4.78 is 10.7. The molecule has 1 heterocycles. The monoisotopic (exact) mass is 291 g/mol. The molecule has 0 spiro atoms. The Morgan fingerprint density at radius 2 is 1.86 bits per heavy atom. The molecule has 1 fully saturated rings. The topological polar surface area (TPSA) is 38.8 Å². The quantitative estimate of drug-likeness (QED) is 0.821. The second kappa shape index (κ2) is 6.37. The molecule has 1 saturated heterocycles. The van der Waals surface area contributed by atoms with Crippen molar-refractivity contribution in [3.05, 3.63) is 29.8 Å². The molecule has 0 unspecified atom stereocenters. The predicted molar refractivity (Wildman–Crippen MR) is 82.5 cm³/mol. The van der Waals surface area contributed by atoms with Gasteiger partial charge in [0.25, 0.3) is 0 Å². The summed E-state index contributed by atoms with van der Waals surface area (Å²) in [5.74, 6) is 0.832. The van der Waals surface area contributed by atoms with Gasteiger partial charge in [0.1, 0.15) is 11.4 Å². The summed E-state index contributed by atoms with van der Waals surface area (Å²) in [6, 6.07) is 8.05. The third-order valence-electron chi connectivity index (χ3n) is 3.63. The van der Waals surface area contributed by atoms with E-state index < -0.39 is 5.60 Å². The highest BCUT2D eigenvalue weighted by Crippen LogP contribution is 2.32. The highest BCUT2D eigenvalue weighted by atomic mass is 16.6. The van der Waals surface area contributed by atoms with E-state index in [1.165, 1.54) is 0 Å².